The van der Waals surface area contributed by atoms with Crippen molar-refractivity contribution in [3.8, 4) is 28.6 Å². The van der Waals surface area contributed by atoms with Gasteiger partial charge in [0.1, 0.15) is 11.6 Å². The zero-order valence-corrected chi connectivity index (χ0v) is 16.1. The van der Waals surface area contributed by atoms with Crippen LogP contribution in [0, 0.1) is 12.7 Å². The Hall–Kier alpha value is -4.00. The summed E-state index contributed by atoms with van der Waals surface area (Å²) in [6.07, 6.45) is 0. The number of hydrogen-bond donors (Lipinski definition) is 1. The van der Waals surface area contributed by atoms with E-state index in [0.29, 0.717) is 28.7 Å². The van der Waals surface area contributed by atoms with Crippen LogP contribution in [0.3, 0.4) is 0 Å². The Balaban J connectivity index is 1.49. The van der Waals surface area contributed by atoms with E-state index in [-0.39, 0.29) is 18.3 Å². The van der Waals surface area contributed by atoms with Crippen LogP contribution in [-0.2, 0) is 4.79 Å². The third-order valence-electron chi connectivity index (χ3n) is 4.42. The van der Waals surface area contributed by atoms with Gasteiger partial charge in [0.15, 0.2) is 6.61 Å². The molecule has 0 radical (unpaired) electrons. The number of benzene rings is 3. The van der Waals surface area contributed by atoms with Crippen LogP contribution >= 0.6 is 0 Å². The maximum absolute atomic E-state index is 13.0. The van der Waals surface area contributed by atoms with E-state index in [9.17, 15) is 9.18 Å². The second-order valence-corrected chi connectivity index (χ2v) is 6.58. The van der Waals surface area contributed by atoms with Crippen LogP contribution in [0.1, 0.15) is 5.56 Å². The number of anilines is 1. The Morgan fingerprint density at radius 3 is 2.47 bits per heavy atom. The van der Waals surface area contributed by atoms with Crippen molar-refractivity contribution in [1.82, 2.24) is 10.1 Å². The molecular weight excluding hydrogens is 385 g/mol. The number of hydrogen-bond acceptors (Lipinski definition) is 5. The van der Waals surface area contributed by atoms with Gasteiger partial charge >= 0.3 is 0 Å². The van der Waals surface area contributed by atoms with Crippen molar-refractivity contribution >= 4 is 11.6 Å². The summed E-state index contributed by atoms with van der Waals surface area (Å²) in [7, 11) is 0. The van der Waals surface area contributed by atoms with Gasteiger partial charge in [0.05, 0.1) is 5.56 Å². The van der Waals surface area contributed by atoms with Crippen molar-refractivity contribution in [2.75, 3.05) is 11.9 Å². The van der Waals surface area contributed by atoms with Crippen molar-refractivity contribution in [2.24, 2.45) is 0 Å². The highest BCUT2D eigenvalue weighted by Gasteiger charge is 2.16. The van der Waals surface area contributed by atoms with Gasteiger partial charge in [-0.3, -0.25) is 4.79 Å². The number of nitrogens with zero attached hydrogens (tertiary/aromatic N) is 2. The molecule has 3 aromatic carbocycles. The number of rotatable bonds is 6. The van der Waals surface area contributed by atoms with Crippen LogP contribution in [-0.4, -0.2) is 22.7 Å². The molecule has 1 N–H and O–H groups in total. The number of carbonyl (C=O) groups is 1. The zero-order valence-electron chi connectivity index (χ0n) is 16.1. The van der Waals surface area contributed by atoms with Gasteiger partial charge in [-0.2, -0.15) is 4.98 Å². The molecule has 150 valence electrons. The van der Waals surface area contributed by atoms with Crippen LogP contribution in [0.15, 0.2) is 77.3 Å². The highest BCUT2D eigenvalue weighted by molar-refractivity contribution is 5.91. The third kappa shape index (κ3) is 4.35. The average molecular weight is 403 g/mol. The lowest BCUT2D eigenvalue weighted by Crippen LogP contribution is -2.20. The molecular formula is C23H18FN3O3. The van der Waals surface area contributed by atoms with E-state index in [1.807, 2.05) is 37.3 Å². The molecule has 0 aliphatic rings. The standard InChI is InChI=1S/C23H18FN3O3/c1-15-6-2-3-7-18(15)22-26-23(30-27-22)19-8-4-5-9-20(19)29-14-21(28)25-17-12-10-16(24)11-13-17/h2-13H,14H2,1H3,(H,25,28). The zero-order chi connectivity index (χ0) is 20.9. The topological polar surface area (TPSA) is 77.2 Å². The predicted octanol–water partition coefficient (Wildman–Crippen LogP) is 4.87. The lowest BCUT2D eigenvalue weighted by Gasteiger charge is -2.09. The summed E-state index contributed by atoms with van der Waals surface area (Å²) in [6.45, 7) is 1.75. The Morgan fingerprint density at radius 1 is 1.00 bits per heavy atom. The molecule has 1 aromatic heterocycles. The van der Waals surface area contributed by atoms with Gasteiger partial charge in [-0.1, -0.05) is 41.6 Å². The fraction of sp³-hybridized carbons (Fsp3) is 0.0870. The van der Waals surface area contributed by atoms with Crippen LogP contribution in [0.25, 0.3) is 22.8 Å². The number of aryl methyl sites for hydroxylation is 1. The van der Waals surface area contributed by atoms with E-state index in [1.165, 1.54) is 24.3 Å². The quantitative estimate of drug-likeness (QED) is 0.497. The minimum atomic E-state index is -0.373. The second kappa shape index (κ2) is 8.57. The first kappa shape index (κ1) is 19.3. The summed E-state index contributed by atoms with van der Waals surface area (Å²) in [5.41, 5.74) is 2.98. The Bertz CT molecular complexity index is 1170. The minimum absolute atomic E-state index is 0.229. The molecule has 0 aliphatic heterocycles. The highest BCUT2D eigenvalue weighted by Crippen LogP contribution is 2.30. The van der Waals surface area contributed by atoms with E-state index < -0.39 is 0 Å². The number of halogens is 1. The number of aromatic nitrogens is 2. The average Bonchev–Trinajstić information content (AvgIpc) is 3.24. The lowest BCUT2D eigenvalue weighted by molar-refractivity contribution is -0.118. The van der Waals surface area contributed by atoms with Gasteiger partial charge in [0.2, 0.25) is 5.82 Å². The van der Waals surface area contributed by atoms with Crippen molar-refractivity contribution in [1.29, 1.82) is 0 Å². The fourth-order valence-electron chi connectivity index (χ4n) is 2.91. The van der Waals surface area contributed by atoms with Gasteiger partial charge in [-0.25, -0.2) is 4.39 Å². The molecule has 0 atom stereocenters. The molecule has 6 nitrogen and oxygen atoms in total. The van der Waals surface area contributed by atoms with E-state index in [4.69, 9.17) is 9.26 Å². The molecule has 4 rings (SSSR count). The Morgan fingerprint density at radius 2 is 1.70 bits per heavy atom. The van der Waals surface area contributed by atoms with E-state index >= 15 is 0 Å². The highest BCUT2D eigenvalue weighted by atomic mass is 19.1. The fourth-order valence-corrected chi connectivity index (χ4v) is 2.91. The van der Waals surface area contributed by atoms with Crippen LogP contribution in [0.2, 0.25) is 0 Å². The summed E-state index contributed by atoms with van der Waals surface area (Å²) in [4.78, 5) is 16.6. The number of ether oxygens (including phenoxy) is 1. The number of carbonyl (C=O) groups excluding carboxylic acids is 1. The summed E-state index contributed by atoms with van der Waals surface area (Å²) >= 11 is 0. The first-order valence-corrected chi connectivity index (χ1v) is 9.27. The molecule has 0 saturated heterocycles. The Labute approximate surface area is 172 Å². The molecule has 7 heteroatoms. The molecule has 0 unspecified atom stereocenters. The van der Waals surface area contributed by atoms with Crippen LogP contribution in [0.5, 0.6) is 5.75 Å². The summed E-state index contributed by atoms with van der Waals surface area (Å²) in [6, 6.07) is 20.4. The normalized spacial score (nSPS) is 10.6. The number of amides is 1. The molecule has 0 saturated carbocycles. The summed E-state index contributed by atoms with van der Waals surface area (Å²) in [5.74, 6) is 0.465. The summed E-state index contributed by atoms with van der Waals surface area (Å²) < 4.78 is 24.1. The smallest absolute Gasteiger partial charge is 0.262 e. The van der Waals surface area contributed by atoms with E-state index in [0.717, 1.165) is 11.1 Å². The van der Waals surface area contributed by atoms with E-state index in [1.54, 1.807) is 18.2 Å². The minimum Gasteiger partial charge on any atom is -0.483 e. The number of para-hydroxylation sites is 1. The second-order valence-electron chi connectivity index (χ2n) is 6.58. The lowest BCUT2D eigenvalue weighted by atomic mass is 10.1. The molecule has 0 fully saturated rings. The monoisotopic (exact) mass is 403 g/mol. The summed E-state index contributed by atoms with van der Waals surface area (Å²) in [5, 5.41) is 6.72. The van der Waals surface area contributed by atoms with Crippen LogP contribution in [0.4, 0.5) is 10.1 Å². The van der Waals surface area contributed by atoms with Crippen molar-refractivity contribution in [3.63, 3.8) is 0 Å². The Kier molecular flexibility index (Phi) is 5.52. The SMILES string of the molecule is Cc1ccccc1-c1noc(-c2ccccc2OCC(=O)Nc2ccc(F)cc2)n1. The van der Waals surface area contributed by atoms with Gasteiger partial charge in [-0.05, 0) is 48.9 Å². The maximum Gasteiger partial charge on any atom is 0.262 e. The van der Waals surface area contributed by atoms with Crippen molar-refractivity contribution < 1.29 is 18.4 Å². The first-order valence-electron chi connectivity index (χ1n) is 9.27. The molecule has 0 spiro atoms. The van der Waals surface area contributed by atoms with E-state index in [2.05, 4.69) is 15.5 Å². The molecule has 1 amide bonds. The molecule has 1 heterocycles. The first-order chi connectivity index (χ1) is 14.6. The molecule has 0 aliphatic carbocycles. The largest absolute Gasteiger partial charge is 0.483 e. The van der Waals surface area contributed by atoms with Gasteiger partial charge in [0, 0.05) is 11.3 Å². The maximum atomic E-state index is 13.0. The van der Waals surface area contributed by atoms with Gasteiger partial charge in [-0.15, -0.1) is 0 Å². The molecule has 4 aromatic rings. The molecule has 0 bridgehead atoms. The predicted molar refractivity (Wildman–Crippen MR) is 110 cm³/mol. The van der Waals surface area contributed by atoms with Gasteiger partial charge < -0.3 is 14.6 Å². The van der Waals surface area contributed by atoms with Crippen LogP contribution < -0.4 is 10.1 Å². The van der Waals surface area contributed by atoms with Gasteiger partial charge in [0.25, 0.3) is 11.8 Å². The number of nitrogens with one attached hydrogen (secondary N) is 1. The van der Waals surface area contributed by atoms with Crippen molar-refractivity contribution in [2.45, 2.75) is 6.92 Å². The third-order valence-corrected chi connectivity index (χ3v) is 4.42. The van der Waals surface area contributed by atoms with Crippen molar-refractivity contribution in [3.05, 3.63) is 84.2 Å². The molecule has 30 heavy (non-hydrogen) atoms.